The number of aliphatic hydroxyl groups is 1. The molecule has 0 saturated carbocycles. The molecule has 6 heteroatoms. The summed E-state index contributed by atoms with van der Waals surface area (Å²) < 4.78 is 4.94. The molecule has 1 aliphatic heterocycles. The van der Waals surface area contributed by atoms with E-state index in [0.717, 1.165) is 26.2 Å². The molecule has 0 radical (unpaired) electrons. The summed E-state index contributed by atoms with van der Waals surface area (Å²) in [5.74, 6) is 0.107. The average molecular weight is 273 g/mol. The normalized spacial score (nSPS) is 20.3. The highest BCUT2D eigenvalue weighted by molar-refractivity contribution is 5.78. The number of hydrogen-bond donors (Lipinski definition) is 2. The summed E-state index contributed by atoms with van der Waals surface area (Å²) in [4.78, 5) is 16.0. The lowest BCUT2D eigenvalue weighted by Gasteiger charge is -2.32. The number of nitrogens with zero attached hydrogens (tertiary/aromatic N) is 2. The Labute approximate surface area is 115 Å². The van der Waals surface area contributed by atoms with Crippen molar-refractivity contribution in [1.29, 1.82) is 0 Å². The van der Waals surface area contributed by atoms with Gasteiger partial charge < -0.3 is 25.0 Å². The summed E-state index contributed by atoms with van der Waals surface area (Å²) in [7, 11) is 3.67. The quantitative estimate of drug-likeness (QED) is 0.632. The smallest absolute Gasteiger partial charge is 0.236 e. The van der Waals surface area contributed by atoms with Crippen molar-refractivity contribution in [2.24, 2.45) is 0 Å². The molecule has 1 atom stereocenters. The molecular formula is C13H27N3O3. The van der Waals surface area contributed by atoms with Gasteiger partial charge in [0.2, 0.25) is 5.91 Å². The van der Waals surface area contributed by atoms with E-state index in [2.05, 4.69) is 17.3 Å². The number of carbonyl (C=O) groups excluding carboxylic acids is 1. The third-order valence-corrected chi connectivity index (χ3v) is 3.48. The molecule has 1 saturated heterocycles. The zero-order valence-corrected chi connectivity index (χ0v) is 12.3. The fourth-order valence-electron chi connectivity index (χ4n) is 2.02. The number of piperazine rings is 1. The van der Waals surface area contributed by atoms with Crippen molar-refractivity contribution in [3.63, 3.8) is 0 Å². The Balaban J connectivity index is 2.19. The van der Waals surface area contributed by atoms with E-state index in [1.807, 2.05) is 4.90 Å². The molecule has 0 aromatic heterocycles. The third-order valence-electron chi connectivity index (χ3n) is 3.48. The summed E-state index contributed by atoms with van der Waals surface area (Å²) in [6.07, 6.45) is 0.555. The summed E-state index contributed by atoms with van der Waals surface area (Å²) in [5, 5.41) is 13.1. The van der Waals surface area contributed by atoms with Gasteiger partial charge in [0.05, 0.1) is 12.1 Å². The molecule has 0 aliphatic carbocycles. The summed E-state index contributed by atoms with van der Waals surface area (Å²) in [6.45, 7) is 6.38. The van der Waals surface area contributed by atoms with E-state index < -0.39 is 5.60 Å². The first-order chi connectivity index (χ1) is 8.94. The second kappa shape index (κ2) is 7.79. The number of likely N-dealkylation sites (N-methyl/N-ethyl adjacent to an activating group) is 1. The molecule has 1 fully saturated rings. The van der Waals surface area contributed by atoms with Gasteiger partial charge in [-0.1, -0.05) is 0 Å². The highest BCUT2D eigenvalue weighted by atomic mass is 16.5. The van der Waals surface area contributed by atoms with Gasteiger partial charge in [-0.2, -0.15) is 0 Å². The van der Waals surface area contributed by atoms with Crippen molar-refractivity contribution in [2.75, 3.05) is 60.0 Å². The number of amides is 1. The second-order valence-electron chi connectivity index (χ2n) is 5.53. The van der Waals surface area contributed by atoms with E-state index >= 15 is 0 Å². The van der Waals surface area contributed by atoms with Crippen LogP contribution in [0, 0.1) is 0 Å². The van der Waals surface area contributed by atoms with Crippen molar-refractivity contribution in [3.8, 4) is 0 Å². The molecule has 0 aromatic carbocycles. The predicted octanol–water partition coefficient (Wildman–Crippen LogP) is -0.862. The van der Waals surface area contributed by atoms with E-state index in [0.29, 0.717) is 19.6 Å². The van der Waals surface area contributed by atoms with Gasteiger partial charge in [-0.3, -0.25) is 4.79 Å². The minimum Gasteiger partial charge on any atom is -0.389 e. The van der Waals surface area contributed by atoms with Gasteiger partial charge in [0.15, 0.2) is 0 Å². The van der Waals surface area contributed by atoms with Crippen LogP contribution in [0.15, 0.2) is 0 Å². The molecule has 6 nitrogen and oxygen atoms in total. The van der Waals surface area contributed by atoms with Gasteiger partial charge >= 0.3 is 0 Å². The highest BCUT2D eigenvalue weighted by Gasteiger charge is 2.22. The fraction of sp³-hybridized carbons (Fsp3) is 0.923. The van der Waals surface area contributed by atoms with Crippen molar-refractivity contribution in [2.45, 2.75) is 18.9 Å². The lowest BCUT2D eigenvalue weighted by molar-refractivity contribution is -0.131. The van der Waals surface area contributed by atoms with Gasteiger partial charge in [0.25, 0.3) is 0 Å². The van der Waals surface area contributed by atoms with Crippen LogP contribution < -0.4 is 5.32 Å². The number of methoxy groups -OCH3 is 1. The minimum absolute atomic E-state index is 0.107. The van der Waals surface area contributed by atoms with Crippen LogP contribution in [0.2, 0.25) is 0 Å². The number of rotatable bonds is 7. The molecule has 1 unspecified atom stereocenters. The third kappa shape index (κ3) is 6.33. The van der Waals surface area contributed by atoms with E-state index in [4.69, 9.17) is 4.74 Å². The first-order valence-electron chi connectivity index (χ1n) is 6.83. The summed E-state index contributed by atoms with van der Waals surface area (Å²) in [5.41, 5.74) is -0.835. The Morgan fingerprint density at radius 1 is 1.37 bits per heavy atom. The van der Waals surface area contributed by atoms with Crippen LogP contribution in [0.1, 0.15) is 13.3 Å². The van der Waals surface area contributed by atoms with Gasteiger partial charge in [-0.15, -0.1) is 0 Å². The van der Waals surface area contributed by atoms with Crippen molar-refractivity contribution in [1.82, 2.24) is 15.1 Å². The van der Waals surface area contributed by atoms with Crippen molar-refractivity contribution >= 4 is 5.91 Å². The van der Waals surface area contributed by atoms with Crippen molar-refractivity contribution in [3.05, 3.63) is 0 Å². The predicted molar refractivity (Wildman–Crippen MR) is 74.1 cm³/mol. The first kappa shape index (κ1) is 16.4. The zero-order valence-electron chi connectivity index (χ0n) is 12.3. The largest absolute Gasteiger partial charge is 0.389 e. The van der Waals surface area contributed by atoms with Gasteiger partial charge in [-0.25, -0.2) is 0 Å². The lowest BCUT2D eigenvalue weighted by Crippen LogP contribution is -2.50. The molecule has 1 amide bonds. The van der Waals surface area contributed by atoms with Crippen LogP contribution in [-0.4, -0.2) is 86.4 Å². The molecule has 0 spiro atoms. The average Bonchev–Trinajstić information content (AvgIpc) is 2.37. The van der Waals surface area contributed by atoms with Crippen molar-refractivity contribution < 1.29 is 14.6 Å². The van der Waals surface area contributed by atoms with Gasteiger partial charge in [0, 0.05) is 52.9 Å². The number of nitrogens with one attached hydrogen (secondary N) is 1. The highest BCUT2D eigenvalue weighted by Crippen LogP contribution is 2.07. The zero-order chi connectivity index (χ0) is 14.3. The Kier molecular flexibility index (Phi) is 6.71. The van der Waals surface area contributed by atoms with Crippen LogP contribution in [0.25, 0.3) is 0 Å². The maximum atomic E-state index is 11.9. The number of hydrogen-bond acceptors (Lipinski definition) is 5. The molecule has 0 bridgehead atoms. The van der Waals surface area contributed by atoms with Crippen LogP contribution in [-0.2, 0) is 9.53 Å². The number of carbonyl (C=O) groups is 1. The fourth-order valence-corrected chi connectivity index (χ4v) is 2.02. The molecule has 1 rings (SSSR count). The first-order valence-corrected chi connectivity index (χ1v) is 6.83. The summed E-state index contributed by atoms with van der Waals surface area (Å²) in [6, 6.07) is 0. The van der Waals surface area contributed by atoms with Gasteiger partial charge in [-0.05, 0) is 14.0 Å². The van der Waals surface area contributed by atoms with Crippen LogP contribution >= 0.6 is 0 Å². The molecule has 112 valence electrons. The monoisotopic (exact) mass is 273 g/mol. The molecule has 2 N–H and O–H groups in total. The Bertz CT molecular complexity index is 276. The van der Waals surface area contributed by atoms with Crippen LogP contribution in [0.5, 0.6) is 0 Å². The van der Waals surface area contributed by atoms with Crippen LogP contribution in [0.4, 0.5) is 0 Å². The molecule has 1 heterocycles. The second-order valence-corrected chi connectivity index (χ2v) is 5.53. The maximum Gasteiger partial charge on any atom is 0.236 e. The summed E-state index contributed by atoms with van der Waals surface area (Å²) >= 11 is 0. The van der Waals surface area contributed by atoms with E-state index in [1.165, 1.54) is 0 Å². The Hall–Kier alpha value is -0.690. The lowest BCUT2D eigenvalue weighted by atomic mass is 10.0. The molecular weight excluding hydrogens is 246 g/mol. The van der Waals surface area contributed by atoms with Crippen LogP contribution in [0.3, 0.4) is 0 Å². The molecule has 19 heavy (non-hydrogen) atoms. The Morgan fingerprint density at radius 2 is 2.00 bits per heavy atom. The topological polar surface area (TPSA) is 65.0 Å². The number of ether oxygens (including phenoxy) is 1. The molecule has 0 aromatic rings. The van der Waals surface area contributed by atoms with E-state index in [-0.39, 0.29) is 12.5 Å². The minimum atomic E-state index is -0.835. The Morgan fingerprint density at radius 3 is 2.58 bits per heavy atom. The van der Waals surface area contributed by atoms with E-state index in [9.17, 15) is 9.90 Å². The van der Waals surface area contributed by atoms with E-state index in [1.54, 1.807) is 14.0 Å². The standard InChI is InChI=1S/C13H27N3O3/c1-13(18,4-9-19-3)11-14-10-12(17)16-7-5-15(2)6-8-16/h14,18H,4-11H2,1-3H3. The SMILES string of the molecule is COCCC(C)(O)CNCC(=O)N1CCN(C)CC1. The van der Waals surface area contributed by atoms with Gasteiger partial charge in [0.1, 0.15) is 0 Å². The maximum absolute atomic E-state index is 11.9. The molecule has 1 aliphatic rings.